The second kappa shape index (κ2) is 6.68. The smallest absolute Gasteiger partial charge is 0.224 e. The predicted molar refractivity (Wildman–Crippen MR) is 79.8 cm³/mol. The van der Waals surface area contributed by atoms with Gasteiger partial charge in [-0.15, -0.1) is 0 Å². The maximum absolute atomic E-state index is 11.9. The molecule has 1 aromatic heterocycles. The van der Waals surface area contributed by atoms with E-state index in [2.05, 4.69) is 29.1 Å². The van der Waals surface area contributed by atoms with Crippen molar-refractivity contribution in [2.75, 3.05) is 25.0 Å². The Morgan fingerprint density at radius 1 is 1.35 bits per heavy atom. The van der Waals surface area contributed by atoms with E-state index in [1.54, 1.807) is 0 Å². The molecule has 1 aromatic rings. The lowest BCUT2D eigenvalue weighted by Crippen LogP contribution is -2.29. The Balaban J connectivity index is 1.85. The van der Waals surface area contributed by atoms with E-state index in [1.807, 2.05) is 17.9 Å². The highest BCUT2D eigenvalue weighted by atomic mass is 16.2. The molecule has 0 aromatic carbocycles. The van der Waals surface area contributed by atoms with Crippen LogP contribution in [0.2, 0.25) is 0 Å². The zero-order valence-corrected chi connectivity index (χ0v) is 12.6. The van der Waals surface area contributed by atoms with E-state index >= 15 is 0 Å². The zero-order valence-electron chi connectivity index (χ0n) is 12.6. The lowest BCUT2D eigenvalue weighted by molar-refractivity contribution is -0.129. The van der Waals surface area contributed by atoms with Crippen molar-refractivity contribution in [3.05, 3.63) is 17.5 Å². The van der Waals surface area contributed by atoms with Crippen molar-refractivity contribution in [1.29, 1.82) is 0 Å². The van der Waals surface area contributed by atoms with Crippen LogP contribution in [0.5, 0.6) is 0 Å². The molecule has 0 saturated carbocycles. The molecule has 1 N–H and O–H groups in total. The van der Waals surface area contributed by atoms with Crippen LogP contribution in [0.4, 0.5) is 5.95 Å². The van der Waals surface area contributed by atoms with Crippen LogP contribution in [0.3, 0.4) is 0 Å². The number of hydrogen-bond acceptors (Lipinski definition) is 4. The molecule has 20 heavy (non-hydrogen) atoms. The largest absolute Gasteiger partial charge is 0.354 e. The van der Waals surface area contributed by atoms with Crippen LogP contribution in [0.15, 0.2) is 6.07 Å². The number of nitrogens with zero attached hydrogens (tertiary/aromatic N) is 3. The van der Waals surface area contributed by atoms with E-state index in [-0.39, 0.29) is 5.91 Å². The zero-order chi connectivity index (χ0) is 14.5. The van der Waals surface area contributed by atoms with Gasteiger partial charge in [0.1, 0.15) is 0 Å². The van der Waals surface area contributed by atoms with Crippen molar-refractivity contribution in [2.24, 2.45) is 0 Å². The van der Waals surface area contributed by atoms with Gasteiger partial charge in [-0.25, -0.2) is 9.97 Å². The van der Waals surface area contributed by atoms with E-state index in [9.17, 15) is 4.79 Å². The molecule has 110 valence electrons. The summed E-state index contributed by atoms with van der Waals surface area (Å²) < 4.78 is 0. The maximum Gasteiger partial charge on any atom is 0.224 e. The first-order chi connectivity index (χ1) is 9.56. The van der Waals surface area contributed by atoms with Gasteiger partial charge in [-0.05, 0) is 31.7 Å². The normalized spacial score (nSPS) is 14.9. The highest BCUT2D eigenvalue weighted by Crippen LogP contribution is 2.14. The first-order valence-corrected chi connectivity index (χ1v) is 7.43. The molecule has 1 fully saturated rings. The van der Waals surface area contributed by atoms with E-state index < -0.39 is 0 Å². The second-order valence-electron chi connectivity index (χ2n) is 5.68. The topological polar surface area (TPSA) is 58.1 Å². The number of carbonyl (C=O) groups is 1. The molecule has 0 bridgehead atoms. The van der Waals surface area contributed by atoms with Crippen molar-refractivity contribution in [3.8, 4) is 0 Å². The Kier molecular flexibility index (Phi) is 4.93. The summed E-state index contributed by atoms with van der Waals surface area (Å²) >= 11 is 0. The van der Waals surface area contributed by atoms with Crippen LogP contribution in [-0.4, -0.2) is 40.4 Å². The molecule has 0 radical (unpaired) electrons. The monoisotopic (exact) mass is 276 g/mol. The Morgan fingerprint density at radius 2 is 2.05 bits per heavy atom. The van der Waals surface area contributed by atoms with Crippen molar-refractivity contribution in [3.63, 3.8) is 0 Å². The molecule has 0 atom stereocenters. The first-order valence-electron chi connectivity index (χ1n) is 7.43. The summed E-state index contributed by atoms with van der Waals surface area (Å²) in [6.07, 6.45) is 2.78. The molecule has 1 amide bonds. The first kappa shape index (κ1) is 14.8. The fourth-order valence-electron chi connectivity index (χ4n) is 2.37. The van der Waals surface area contributed by atoms with Gasteiger partial charge >= 0.3 is 0 Å². The van der Waals surface area contributed by atoms with Crippen LogP contribution in [0.25, 0.3) is 0 Å². The minimum absolute atomic E-state index is 0.228. The SMILES string of the molecule is Cc1cc(C(C)C)nc(NCCC(=O)N2CCCC2)n1. The van der Waals surface area contributed by atoms with E-state index in [0.717, 1.165) is 37.3 Å². The summed E-state index contributed by atoms with van der Waals surface area (Å²) in [5.41, 5.74) is 1.99. The fourth-order valence-corrected chi connectivity index (χ4v) is 2.37. The fraction of sp³-hybridized carbons (Fsp3) is 0.667. The average molecular weight is 276 g/mol. The van der Waals surface area contributed by atoms with Crippen molar-refractivity contribution in [1.82, 2.24) is 14.9 Å². The Morgan fingerprint density at radius 3 is 2.70 bits per heavy atom. The molecule has 5 heteroatoms. The van der Waals surface area contributed by atoms with E-state index in [1.165, 1.54) is 0 Å². The minimum atomic E-state index is 0.228. The summed E-state index contributed by atoms with van der Waals surface area (Å²) in [5, 5.41) is 3.17. The highest BCUT2D eigenvalue weighted by Gasteiger charge is 2.17. The third-order valence-corrected chi connectivity index (χ3v) is 3.55. The maximum atomic E-state index is 11.9. The van der Waals surface area contributed by atoms with E-state index in [4.69, 9.17) is 0 Å². The third-order valence-electron chi connectivity index (χ3n) is 3.55. The summed E-state index contributed by atoms with van der Waals surface area (Å²) in [4.78, 5) is 22.7. The van der Waals surface area contributed by atoms with Crippen molar-refractivity contribution in [2.45, 2.75) is 46.0 Å². The Labute approximate surface area is 120 Å². The van der Waals surface area contributed by atoms with Gasteiger partial charge in [-0.2, -0.15) is 0 Å². The Hall–Kier alpha value is -1.65. The molecule has 1 saturated heterocycles. The Bertz CT molecular complexity index is 467. The lowest BCUT2D eigenvalue weighted by atomic mass is 10.1. The van der Waals surface area contributed by atoms with Gasteiger partial charge in [-0.3, -0.25) is 4.79 Å². The molecule has 2 heterocycles. The summed E-state index contributed by atoms with van der Waals surface area (Å²) in [7, 11) is 0. The van der Waals surface area contributed by atoms with Gasteiger partial charge in [0.25, 0.3) is 0 Å². The quantitative estimate of drug-likeness (QED) is 0.896. The second-order valence-corrected chi connectivity index (χ2v) is 5.68. The predicted octanol–water partition coefficient (Wildman–Crippen LogP) is 2.33. The van der Waals surface area contributed by atoms with Gasteiger partial charge in [0.2, 0.25) is 11.9 Å². The van der Waals surface area contributed by atoms with Gasteiger partial charge in [0, 0.05) is 37.4 Å². The number of hydrogen-bond donors (Lipinski definition) is 1. The van der Waals surface area contributed by atoms with Crippen LogP contribution < -0.4 is 5.32 Å². The molecular formula is C15H24N4O. The summed E-state index contributed by atoms with van der Waals surface area (Å²) in [6.45, 7) is 8.61. The van der Waals surface area contributed by atoms with Crippen LogP contribution >= 0.6 is 0 Å². The number of amides is 1. The molecule has 5 nitrogen and oxygen atoms in total. The van der Waals surface area contributed by atoms with Crippen molar-refractivity contribution < 1.29 is 4.79 Å². The van der Waals surface area contributed by atoms with Crippen LogP contribution in [0, 0.1) is 6.92 Å². The molecule has 1 aliphatic heterocycles. The van der Waals surface area contributed by atoms with Gasteiger partial charge in [-0.1, -0.05) is 13.8 Å². The van der Waals surface area contributed by atoms with Crippen LogP contribution in [0.1, 0.15) is 50.4 Å². The number of likely N-dealkylation sites (tertiary alicyclic amines) is 1. The number of rotatable bonds is 5. The molecule has 0 spiro atoms. The standard InChI is InChI=1S/C15H24N4O/c1-11(2)13-10-12(3)17-15(18-13)16-7-6-14(20)19-8-4-5-9-19/h10-11H,4-9H2,1-3H3,(H,16,17,18). The molecule has 2 rings (SSSR count). The van der Waals surface area contributed by atoms with Crippen molar-refractivity contribution >= 4 is 11.9 Å². The number of anilines is 1. The number of nitrogens with one attached hydrogen (secondary N) is 1. The molecule has 0 aliphatic carbocycles. The lowest BCUT2D eigenvalue weighted by Gasteiger charge is -2.15. The number of aryl methyl sites for hydroxylation is 1. The van der Waals surface area contributed by atoms with Crippen LogP contribution in [-0.2, 0) is 4.79 Å². The third kappa shape index (κ3) is 3.92. The van der Waals surface area contributed by atoms with E-state index in [0.29, 0.717) is 24.8 Å². The molecule has 0 unspecified atom stereocenters. The summed E-state index contributed by atoms with van der Waals surface area (Å²) in [5.74, 6) is 1.23. The highest BCUT2D eigenvalue weighted by molar-refractivity contribution is 5.76. The average Bonchev–Trinajstić information content (AvgIpc) is 2.91. The van der Waals surface area contributed by atoms with Gasteiger partial charge < -0.3 is 10.2 Å². The summed E-state index contributed by atoms with van der Waals surface area (Å²) in [6, 6.07) is 2.01. The number of aromatic nitrogens is 2. The minimum Gasteiger partial charge on any atom is -0.354 e. The van der Waals surface area contributed by atoms with Gasteiger partial charge in [0.15, 0.2) is 0 Å². The molecule has 1 aliphatic rings. The molecular weight excluding hydrogens is 252 g/mol. The van der Waals surface area contributed by atoms with Gasteiger partial charge in [0.05, 0.1) is 0 Å². The number of carbonyl (C=O) groups excluding carboxylic acids is 1.